The quantitative estimate of drug-likeness (QED) is 0.105. The van der Waals surface area contributed by atoms with Gasteiger partial charge in [-0.3, -0.25) is 23.9 Å². The molecule has 0 aliphatic rings. The highest BCUT2D eigenvalue weighted by Gasteiger charge is 2.22. The summed E-state index contributed by atoms with van der Waals surface area (Å²) in [6, 6.07) is 38.6. The van der Waals surface area contributed by atoms with Gasteiger partial charge in [0, 0.05) is 23.2 Å². The van der Waals surface area contributed by atoms with E-state index >= 15 is 0 Å². The first-order valence-electron chi connectivity index (χ1n) is 16.0. The summed E-state index contributed by atoms with van der Waals surface area (Å²) in [4.78, 5) is 54.3. The number of benzene rings is 5. The number of rotatable bonds is 10. The molecule has 0 fully saturated rings. The Balaban J connectivity index is 1.20. The highest BCUT2D eigenvalue weighted by molar-refractivity contribution is 8.00. The van der Waals surface area contributed by atoms with Crippen LogP contribution in [0.5, 0.6) is 0 Å². The molecule has 0 bridgehead atoms. The van der Waals surface area contributed by atoms with Crippen molar-refractivity contribution < 1.29 is 14.4 Å². The summed E-state index contributed by atoms with van der Waals surface area (Å²) in [5.41, 5.74) is 2.96. The topological polar surface area (TPSA) is 114 Å². The number of nitrogens with zero attached hydrogens (tertiary/aromatic N) is 2. The van der Waals surface area contributed by atoms with Crippen molar-refractivity contribution in [2.75, 3.05) is 10.6 Å². The first-order chi connectivity index (χ1) is 24.2. The normalized spacial score (nSPS) is 11.9. The smallest absolute Gasteiger partial charge is 0.295 e. The number of hydrogen-bond donors (Lipinski definition) is 3. The molecule has 9 nitrogen and oxygen atoms in total. The predicted molar refractivity (Wildman–Crippen MR) is 201 cm³/mol. The molecule has 50 heavy (non-hydrogen) atoms. The van der Waals surface area contributed by atoms with Gasteiger partial charge in [0.25, 0.3) is 17.4 Å². The molecule has 3 amide bonds. The molecular formula is C40H35N5O4S. The second-order valence-electron chi connectivity index (χ2n) is 11.6. The summed E-state index contributed by atoms with van der Waals surface area (Å²) in [6.07, 6.45) is 1.67. The van der Waals surface area contributed by atoms with Gasteiger partial charge >= 0.3 is 0 Å². The maximum Gasteiger partial charge on any atom is 0.295 e. The minimum absolute atomic E-state index is 0.0698. The predicted octanol–water partition coefficient (Wildman–Crippen LogP) is 7.17. The van der Waals surface area contributed by atoms with Crippen LogP contribution in [0.4, 0.5) is 11.4 Å². The van der Waals surface area contributed by atoms with E-state index in [1.165, 1.54) is 16.4 Å². The number of anilines is 2. The Morgan fingerprint density at radius 2 is 1.44 bits per heavy atom. The highest BCUT2D eigenvalue weighted by Crippen LogP contribution is 2.28. The fourth-order valence-electron chi connectivity index (χ4n) is 5.51. The van der Waals surface area contributed by atoms with Crippen LogP contribution in [0.2, 0.25) is 0 Å². The summed E-state index contributed by atoms with van der Waals surface area (Å²) in [7, 11) is 1.77. The van der Waals surface area contributed by atoms with Gasteiger partial charge in [-0.05, 0) is 78.7 Å². The van der Waals surface area contributed by atoms with Crippen LogP contribution in [-0.2, 0) is 16.6 Å². The lowest BCUT2D eigenvalue weighted by Gasteiger charge is -2.14. The number of hydrogen-bond acceptors (Lipinski definition) is 5. The fourth-order valence-corrected chi connectivity index (χ4v) is 6.44. The largest absolute Gasteiger partial charge is 0.321 e. The van der Waals surface area contributed by atoms with Crippen molar-refractivity contribution in [2.45, 2.75) is 24.0 Å². The second kappa shape index (κ2) is 15.0. The molecule has 0 radical (unpaired) electrons. The van der Waals surface area contributed by atoms with Crippen molar-refractivity contribution in [1.29, 1.82) is 0 Å². The molecule has 3 N–H and O–H groups in total. The number of carbonyl (C=O) groups excluding carboxylic acids is 3. The van der Waals surface area contributed by atoms with Crippen LogP contribution < -0.4 is 21.5 Å². The van der Waals surface area contributed by atoms with Gasteiger partial charge in [-0.25, -0.2) is 4.68 Å². The average molecular weight is 682 g/mol. The first-order valence-corrected chi connectivity index (χ1v) is 16.9. The maximum absolute atomic E-state index is 13.8. The lowest BCUT2D eigenvalue weighted by atomic mass is 10.0. The summed E-state index contributed by atoms with van der Waals surface area (Å²) in [5, 5.41) is 9.90. The van der Waals surface area contributed by atoms with Crippen LogP contribution in [0.15, 0.2) is 143 Å². The van der Waals surface area contributed by atoms with E-state index in [0.29, 0.717) is 22.6 Å². The van der Waals surface area contributed by atoms with Crippen LogP contribution >= 0.6 is 11.8 Å². The summed E-state index contributed by atoms with van der Waals surface area (Å²) < 4.78 is 3.22. The number of amides is 3. The lowest BCUT2D eigenvalue weighted by molar-refractivity contribution is -0.115. The van der Waals surface area contributed by atoms with Gasteiger partial charge < -0.3 is 16.0 Å². The van der Waals surface area contributed by atoms with Gasteiger partial charge in [-0.15, -0.1) is 11.8 Å². The van der Waals surface area contributed by atoms with Gasteiger partial charge in [-0.1, -0.05) is 84.9 Å². The Bertz CT molecular complexity index is 2290. The van der Waals surface area contributed by atoms with Crippen molar-refractivity contribution >= 4 is 57.7 Å². The molecular weight excluding hydrogens is 647 g/mol. The lowest BCUT2D eigenvalue weighted by Crippen LogP contribution is -2.30. The van der Waals surface area contributed by atoms with Crippen molar-refractivity contribution in [2.24, 2.45) is 7.05 Å². The Hall–Kier alpha value is -6.13. The molecule has 5 aromatic carbocycles. The Morgan fingerprint density at radius 3 is 2.20 bits per heavy atom. The molecule has 0 aliphatic carbocycles. The van der Waals surface area contributed by atoms with E-state index in [1.807, 2.05) is 84.9 Å². The molecule has 250 valence electrons. The first kappa shape index (κ1) is 33.8. The zero-order chi connectivity index (χ0) is 35.2. The van der Waals surface area contributed by atoms with E-state index in [4.69, 9.17) is 0 Å². The number of para-hydroxylation sites is 1. The SMILES string of the molecule is Cc1c(NC(=O)C(C)Sc2cccc(NC(=O)/C(=C\c3cccc4ccccc34)NC(=O)c3ccccc3)c2)c(=O)n(-c2ccccc2)n1C. The van der Waals surface area contributed by atoms with Crippen molar-refractivity contribution in [1.82, 2.24) is 14.7 Å². The zero-order valence-corrected chi connectivity index (χ0v) is 28.5. The standard InChI is InChI=1S/C40H35N5O4S/c1-26-36(40(49)45(44(26)3)32-20-8-5-9-21-32)43-37(46)27(2)50-33-22-13-19-31(25-33)41-39(48)35(42-38(47)29-15-6-4-7-16-29)24-30-18-12-17-28-14-10-11-23-34(28)30/h4-25,27H,1-3H3,(H,41,48)(H,42,47)(H,43,46)/b35-24+. The van der Waals surface area contributed by atoms with E-state index in [9.17, 15) is 19.2 Å². The van der Waals surface area contributed by atoms with Crippen LogP contribution in [0.25, 0.3) is 22.5 Å². The second-order valence-corrected chi connectivity index (χ2v) is 13.0. The molecule has 0 aliphatic heterocycles. The molecule has 6 aromatic rings. The van der Waals surface area contributed by atoms with Crippen LogP contribution in [0.3, 0.4) is 0 Å². The number of aromatic nitrogens is 2. The third-order valence-corrected chi connectivity index (χ3v) is 9.32. The number of fused-ring (bicyclic) bond motifs is 1. The summed E-state index contributed by atoms with van der Waals surface area (Å²) in [5.74, 6) is -1.26. The molecule has 1 heterocycles. The van der Waals surface area contributed by atoms with Gasteiger partial charge in [0.15, 0.2) is 0 Å². The molecule has 10 heteroatoms. The van der Waals surface area contributed by atoms with Gasteiger partial charge in [-0.2, -0.15) is 0 Å². The molecule has 0 saturated carbocycles. The Kier molecular flexibility index (Phi) is 10.1. The van der Waals surface area contributed by atoms with Crippen molar-refractivity contribution in [3.05, 3.63) is 160 Å². The van der Waals surface area contributed by atoms with Crippen molar-refractivity contribution in [3.8, 4) is 5.69 Å². The third kappa shape index (κ3) is 7.45. The number of nitrogens with one attached hydrogen (secondary N) is 3. The number of carbonyl (C=O) groups is 3. The van der Waals surface area contributed by atoms with Gasteiger partial charge in [0.05, 0.1) is 16.6 Å². The van der Waals surface area contributed by atoms with Crippen LogP contribution in [0.1, 0.15) is 28.5 Å². The van der Waals surface area contributed by atoms with Crippen LogP contribution in [0, 0.1) is 6.92 Å². The fraction of sp³-hybridized carbons (Fsp3) is 0.100. The summed E-state index contributed by atoms with van der Waals surface area (Å²) >= 11 is 1.29. The highest BCUT2D eigenvalue weighted by atomic mass is 32.2. The monoisotopic (exact) mass is 681 g/mol. The molecule has 0 spiro atoms. The van der Waals surface area contributed by atoms with Crippen molar-refractivity contribution in [3.63, 3.8) is 0 Å². The van der Waals surface area contributed by atoms with E-state index in [0.717, 1.165) is 21.2 Å². The third-order valence-electron chi connectivity index (χ3n) is 8.23. The maximum atomic E-state index is 13.8. The Labute approximate surface area is 293 Å². The van der Waals surface area contributed by atoms with E-state index in [2.05, 4.69) is 16.0 Å². The molecule has 1 atom stereocenters. The summed E-state index contributed by atoms with van der Waals surface area (Å²) in [6.45, 7) is 3.54. The zero-order valence-electron chi connectivity index (χ0n) is 27.7. The molecule has 1 unspecified atom stereocenters. The minimum atomic E-state index is -0.572. The van der Waals surface area contributed by atoms with E-state index in [-0.39, 0.29) is 22.9 Å². The molecule has 1 aromatic heterocycles. The average Bonchev–Trinajstić information content (AvgIpc) is 3.34. The van der Waals surface area contributed by atoms with E-state index < -0.39 is 17.1 Å². The van der Waals surface area contributed by atoms with Crippen LogP contribution in [-0.4, -0.2) is 32.3 Å². The van der Waals surface area contributed by atoms with Gasteiger partial charge in [0.2, 0.25) is 5.91 Å². The van der Waals surface area contributed by atoms with E-state index in [1.54, 1.807) is 74.1 Å². The Morgan fingerprint density at radius 1 is 0.780 bits per heavy atom. The minimum Gasteiger partial charge on any atom is -0.321 e. The van der Waals surface area contributed by atoms with Gasteiger partial charge in [0.1, 0.15) is 11.4 Å². The molecule has 0 saturated heterocycles. The molecule has 6 rings (SSSR count). The number of thioether (sulfide) groups is 1.